The van der Waals surface area contributed by atoms with E-state index in [9.17, 15) is 0 Å². The molecule has 2 aromatic heterocycles. The molecule has 0 N–H and O–H groups in total. The lowest BCUT2D eigenvalue weighted by Crippen LogP contribution is -2.01. The third-order valence-corrected chi connectivity index (χ3v) is 11.4. The number of rotatable bonds is 4. The standard InChI is InChI=1S/C50H34N2/c1-32-39-30-49(51-45-24-12-8-20-35(45)36-21-9-13-25-46(36)51)41(33-16-4-2-5-17-33)28-43(39)44-29-42(34-18-6-3-7-19-34)50(31-40(32)44)52-47-26-14-10-22-37(47)38-23-11-15-27-48(38)52/h2-32H,1H3. The molecule has 11 rings (SSSR count). The van der Waals surface area contributed by atoms with Gasteiger partial charge in [0, 0.05) is 38.6 Å². The number of fused-ring (bicyclic) bond motifs is 9. The summed E-state index contributed by atoms with van der Waals surface area (Å²) in [5.74, 6) is 0.207. The second kappa shape index (κ2) is 11.2. The monoisotopic (exact) mass is 662 g/mol. The highest BCUT2D eigenvalue weighted by Gasteiger charge is 2.31. The molecule has 0 fully saturated rings. The molecule has 0 amide bonds. The van der Waals surface area contributed by atoms with Crippen LogP contribution in [0.5, 0.6) is 0 Å². The summed E-state index contributed by atoms with van der Waals surface area (Å²) in [6.45, 7) is 2.39. The molecular weight excluding hydrogens is 629 g/mol. The molecule has 0 atom stereocenters. The van der Waals surface area contributed by atoms with Crippen LogP contribution in [0.1, 0.15) is 24.0 Å². The summed E-state index contributed by atoms with van der Waals surface area (Å²) in [5.41, 5.74) is 17.6. The molecule has 0 radical (unpaired) electrons. The van der Waals surface area contributed by atoms with Crippen LogP contribution >= 0.6 is 0 Å². The largest absolute Gasteiger partial charge is 0.309 e. The zero-order chi connectivity index (χ0) is 34.3. The van der Waals surface area contributed by atoms with Crippen molar-refractivity contribution in [2.45, 2.75) is 12.8 Å². The molecule has 1 aliphatic rings. The Morgan fingerprint density at radius 3 is 0.981 bits per heavy atom. The van der Waals surface area contributed by atoms with Gasteiger partial charge in [-0.05, 0) is 81.9 Å². The Labute approximate surface area is 302 Å². The van der Waals surface area contributed by atoms with Gasteiger partial charge in [0.25, 0.3) is 0 Å². The Balaban J connectivity index is 1.22. The number of aromatic nitrogens is 2. The minimum Gasteiger partial charge on any atom is -0.309 e. The van der Waals surface area contributed by atoms with Gasteiger partial charge in [0.15, 0.2) is 0 Å². The van der Waals surface area contributed by atoms with Crippen molar-refractivity contribution in [3.05, 3.63) is 193 Å². The topological polar surface area (TPSA) is 9.86 Å². The van der Waals surface area contributed by atoms with Crippen LogP contribution < -0.4 is 0 Å². The third-order valence-electron chi connectivity index (χ3n) is 11.4. The fraction of sp³-hybridized carbons (Fsp3) is 0.0400. The highest BCUT2D eigenvalue weighted by atomic mass is 15.0. The SMILES string of the molecule is CC1c2cc(-n3c4ccccc4c4ccccc43)c(-c3ccccc3)cc2-c2cc(-c3ccccc3)c(-n3c4ccccc4c4ccccc43)cc21. The van der Waals surface area contributed by atoms with Crippen LogP contribution in [-0.2, 0) is 0 Å². The van der Waals surface area contributed by atoms with Crippen LogP contribution in [-0.4, -0.2) is 9.13 Å². The molecule has 10 aromatic rings. The summed E-state index contributed by atoms with van der Waals surface area (Å²) in [7, 11) is 0. The first-order chi connectivity index (χ1) is 25.7. The van der Waals surface area contributed by atoms with Crippen LogP contribution in [0, 0.1) is 0 Å². The lowest BCUT2D eigenvalue weighted by molar-refractivity contribution is 0.949. The molecule has 0 saturated carbocycles. The van der Waals surface area contributed by atoms with E-state index in [4.69, 9.17) is 0 Å². The van der Waals surface area contributed by atoms with E-state index < -0.39 is 0 Å². The quantitative estimate of drug-likeness (QED) is 0.177. The average molecular weight is 663 g/mol. The molecule has 8 aromatic carbocycles. The second-order valence-corrected chi connectivity index (χ2v) is 14.1. The summed E-state index contributed by atoms with van der Waals surface area (Å²) in [5, 5.41) is 5.10. The summed E-state index contributed by atoms with van der Waals surface area (Å²) in [4.78, 5) is 0. The van der Waals surface area contributed by atoms with E-state index in [1.54, 1.807) is 0 Å². The Bertz CT molecular complexity index is 2700. The van der Waals surface area contributed by atoms with Crippen molar-refractivity contribution >= 4 is 43.6 Å². The maximum Gasteiger partial charge on any atom is 0.0543 e. The van der Waals surface area contributed by atoms with Crippen LogP contribution in [0.3, 0.4) is 0 Å². The normalized spacial score (nSPS) is 12.6. The molecule has 0 spiro atoms. The summed E-state index contributed by atoms with van der Waals surface area (Å²) >= 11 is 0. The van der Waals surface area contributed by atoms with E-state index in [2.05, 4.69) is 198 Å². The fourth-order valence-electron chi connectivity index (χ4n) is 8.99. The van der Waals surface area contributed by atoms with E-state index in [1.165, 1.54) is 99.5 Å². The smallest absolute Gasteiger partial charge is 0.0543 e. The molecule has 2 heteroatoms. The van der Waals surface area contributed by atoms with Crippen LogP contribution in [0.4, 0.5) is 0 Å². The van der Waals surface area contributed by atoms with E-state index in [1.807, 2.05) is 0 Å². The van der Waals surface area contributed by atoms with Gasteiger partial charge in [0.1, 0.15) is 0 Å². The zero-order valence-electron chi connectivity index (χ0n) is 28.8. The minimum atomic E-state index is 0.207. The third kappa shape index (κ3) is 4.12. The minimum absolute atomic E-state index is 0.207. The summed E-state index contributed by atoms with van der Waals surface area (Å²) in [6, 6.07) is 67.1. The molecule has 1 aliphatic carbocycles. The predicted octanol–water partition coefficient (Wildman–Crippen LogP) is 13.3. The van der Waals surface area contributed by atoms with Crippen molar-refractivity contribution in [3.63, 3.8) is 0 Å². The van der Waals surface area contributed by atoms with Gasteiger partial charge in [-0.2, -0.15) is 0 Å². The highest BCUT2D eigenvalue weighted by molar-refractivity contribution is 6.11. The van der Waals surface area contributed by atoms with Gasteiger partial charge in [-0.3, -0.25) is 0 Å². The lowest BCUT2D eigenvalue weighted by atomic mass is 9.94. The van der Waals surface area contributed by atoms with E-state index in [0.717, 1.165) is 0 Å². The Hall–Kier alpha value is -6.64. The molecule has 52 heavy (non-hydrogen) atoms. The molecule has 2 heterocycles. The lowest BCUT2D eigenvalue weighted by Gasteiger charge is -2.18. The molecular formula is C50H34N2. The molecule has 2 nitrogen and oxygen atoms in total. The van der Waals surface area contributed by atoms with Gasteiger partial charge >= 0.3 is 0 Å². The Morgan fingerprint density at radius 1 is 0.327 bits per heavy atom. The van der Waals surface area contributed by atoms with Crippen molar-refractivity contribution in [3.8, 4) is 44.8 Å². The zero-order valence-corrected chi connectivity index (χ0v) is 28.8. The van der Waals surface area contributed by atoms with E-state index >= 15 is 0 Å². The summed E-state index contributed by atoms with van der Waals surface area (Å²) < 4.78 is 4.98. The van der Waals surface area contributed by atoms with Crippen molar-refractivity contribution < 1.29 is 0 Å². The molecule has 0 aliphatic heterocycles. The first kappa shape index (κ1) is 29.1. The molecule has 0 bridgehead atoms. The first-order valence-electron chi connectivity index (χ1n) is 18.2. The number of hydrogen-bond acceptors (Lipinski definition) is 0. The summed E-state index contributed by atoms with van der Waals surface area (Å²) in [6.07, 6.45) is 0. The van der Waals surface area contributed by atoms with Crippen LogP contribution in [0.2, 0.25) is 0 Å². The second-order valence-electron chi connectivity index (χ2n) is 14.1. The fourth-order valence-corrected chi connectivity index (χ4v) is 8.99. The molecule has 0 saturated heterocycles. The van der Waals surface area contributed by atoms with Gasteiger partial charge < -0.3 is 9.13 Å². The van der Waals surface area contributed by atoms with Crippen LogP contribution in [0.25, 0.3) is 88.4 Å². The van der Waals surface area contributed by atoms with Gasteiger partial charge in [0.2, 0.25) is 0 Å². The number of benzene rings is 8. The van der Waals surface area contributed by atoms with Crippen molar-refractivity contribution in [2.24, 2.45) is 0 Å². The van der Waals surface area contributed by atoms with E-state index in [0.29, 0.717) is 0 Å². The highest BCUT2D eigenvalue weighted by Crippen LogP contribution is 2.51. The van der Waals surface area contributed by atoms with Crippen molar-refractivity contribution in [1.82, 2.24) is 9.13 Å². The predicted molar refractivity (Wildman–Crippen MR) is 219 cm³/mol. The van der Waals surface area contributed by atoms with E-state index in [-0.39, 0.29) is 5.92 Å². The number of para-hydroxylation sites is 4. The first-order valence-corrected chi connectivity index (χ1v) is 18.2. The molecule has 244 valence electrons. The maximum atomic E-state index is 2.49. The average Bonchev–Trinajstić information content (AvgIpc) is 3.82. The number of hydrogen-bond donors (Lipinski definition) is 0. The van der Waals surface area contributed by atoms with Crippen LogP contribution in [0.15, 0.2) is 182 Å². The van der Waals surface area contributed by atoms with Gasteiger partial charge in [0.05, 0.1) is 33.4 Å². The van der Waals surface area contributed by atoms with Crippen molar-refractivity contribution in [1.29, 1.82) is 0 Å². The van der Waals surface area contributed by atoms with Gasteiger partial charge in [-0.15, -0.1) is 0 Å². The van der Waals surface area contributed by atoms with Crippen molar-refractivity contribution in [2.75, 3.05) is 0 Å². The maximum absolute atomic E-state index is 2.49. The van der Waals surface area contributed by atoms with Gasteiger partial charge in [-0.1, -0.05) is 140 Å². The number of nitrogens with zero attached hydrogens (tertiary/aromatic N) is 2. The Kier molecular flexibility index (Phi) is 6.26. The Morgan fingerprint density at radius 2 is 0.635 bits per heavy atom. The molecule has 0 unspecified atom stereocenters. The van der Waals surface area contributed by atoms with Gasteiger partial charge in [-0.25, -0.2) is 0 Å².